The molecule has 0 heterocycles. The molecule has 0 atom stereocenters. The monoisotopic (exact) mass is 276 g/mol. The van der Waals surface area contributed by atoms with Crippen LogP contribution < -0.4 is 10.6 Å². The van der Waals surface area contributed by atoms with Crippen LogP contribution >= 0.6 is 0 Å². The third-order valence-corrected chi connectivity index (χ3v) is 3.60. The third kappa shape index (κ3) is 3.98. The lowest BCUT2D eigenvalue weighted by Crippen LogP contribution is -2.37. The summed E-state index contributed by atoms with van der Waals surface area (Å²) in [5, 5.41) is 14.6. The number of rotatable bonds is 3. The zero-order chi connectivity index (χ0) is 14.4. The molecule has 0 unspecified atom stereocenters. The van der Waals surface area contributed by atoms with Crippen LogP contribution in [0.3, 0.4) is 0 Å². The molecular formula is C15H20N2O3. The van der Waals surface area contributed by atoms with Crippen molar-refractivity contribution in [1.82, 2.24) is 5.32 Å². The van der Waals surface area contributed by atoms with Gasteiger partial charge in [0.1, 0.15) is 0 Å². The number of nitrogens with one attached hydrogen (secondary N) is 2. The van der Waals surface area contributed by atoms with E-state index in [9.17, 15) is 9.59 Å². The summed E-state index contributed by atoms with van der Waals surface area (Å²) in [5.74, 6) is -1.05. The molecule has 0 bridgehead atoms. The molecule has 1 saturated carbocycles. The molecule has 0 aliphatic heterocycles. The Morgan fingerprint density at radius 3 is 2.35 bits per heavy atom. The lowest BCUT2D eigenvalue weighted by molar-refractivity contribution is 0.0698. The molecule has 1 aromatic rings. The summed E-state index contributed by atoms with van der Waals surface area (Å²) in [5.41, 5.74) is 0.426. The summed E-state index contributed by atoms with van der Waals surface area (Å²) >= 11 is 0. The molecule has 0 spiro atoms. The molecule has 108 valence electrons. The van der Waals surface area contributed by atoms with Gasteiger partial charge >= 0.3 is 12.0 Å². The minimum absolute atomic E-state index is 0.100. The molecule has 5 heteroatoms. The van der Waals surface area contributed by atoms with Crippen molar-refractivity contribution in [1.29, 1.82) is 0 Å². The van der Waals surface area contributed by atoms with E-state index in [2.05, 4.69) is 10.6 Å². The number of para-hydroxylation sites is 1. The molecule has 3 N–H and O–H groups in total. The van der Waals surface area contributed by atoms with Gasteiger partial charge in [-0.1, -0.05) is 37.8 Å². The van der Waals surface area contributed by atoms with Gasteiger partial charge in [0.25, 0.3) is 0 Å². The van der Waals surface area contributed by atoms with Gasteiger partial charge in [0.2, 0.25) is 0 Å². The number of hydrogen-bond donors (Lipinski definition) is 3. The second-order valence-corrected chi connectivity index (χ2v) is 5.14. The number of carbonyl (C=O) groups excluding carboxylic acids is 1. The normalized spacial score (nSPS) is 16.2. The van der Waals surface area contributed by atoms with Crippen LogP contribution in [-0.4, -0.2) is 23.1 Å². The summed E-state index contributed by atoms with van der Waals surface area (Å²) < 4.78 is 0. The Morgan fingerprint density at radius 2 is 1.70 bits per heavy atom. The van der Waals surface area contributed by atoms with Gasteiger partial charge in [-0.15, -0.1) is 0 Å². The SMILES string of the molecule is O=C(Nc1ccccc1C(=O)O)NC1CCCCCC1. The Bertz CT molecular complexity index is 480. The van der Waals surface area contributed by atoms with E-state index in [1.165, 1.54) is 18.9 Å². The predicted molar refractivity (Wildman–Crippen MR) is 77.0 cm³/mol. The molecule has 20 heavy (non-hydrogen) atoms. The van der Waals surface area contributed by atoms with E-state index in [1.807, 2.05) is 0 Å². The van der Waals surface area contributed by atoms with Gasteiger partial charge in [0.15, 0.2) is 0 Å². The molecule has 5 nitrogen and oxygen atoms in total. The number of anilines is 1. The Hall–Kier alpha value is -2.04. The number of carbonyl (C=O) groups is 2. The number of amides is 2. The van der Waals surface area contributed by atoms with Crippen LogP contribution in [-0.2, 0) is 0 Å². The highest BCUT2D eigenvalue weighted by Crippen LogP contribution is 2.18. The molecule has 0 saturated heterocycles. The second-order valence-electron chi connectivity index (χ2n) is 5.14. The number of carboxylic acid groups (broad SMARTS) is 1. The van der Waals surface area contributed by atoms with Crippen LogP contribution in [0, 0.1) is 0 Å². The van der Waals surface area contributed by atoms with Crippen molar-refractivity contribution < 1.29 is 14.7 Å². The van der Waals surface area contributed by atoms with Crippen molar-refractivity contribution in [3.8, 4) is 0 Å². The fourth-order valence-corrected chi connectivity index (χ4v) is 2.55. The quantitative estimate of drug-likeness (QED) is 0.742. The van der Waals surface area contributed by atoms with Crippen molar-refractivity contribution >= 4 is 17.7 Å². The molecule has 1 aliphatic carbocycles. The smallest absolute Gasteiger partial charge is 0.337 e. The van der Waals surface area contributed by atoms with E-state index in [-0.39, 0.29) is 17.6 Å². The fraction of sp³-hybridized carbons (Fsp3) is 0.467. The predicted octanol–water partition coefficient (Wildman–Crippen LogP) is 3.23. The zero-order valence-corrected chi connectivity index (χ0v) is 11.4. The van der Waals surface area contributed by atoms with Gasteiger partial charge in [0, 0.05) is 6.04 Å². The first-order chi connectivity index (χ1) is 9.66. The van der Waals surface area contributed by atoms with E-state index >= 15 is 0 Å². The van der Waals surface area contributed by atoms with Crippen molar-refractivity contribution in [2.75, 3.05) is 5.32 Å². The second kappa shape index (κ2) is 6.93. The van der Waals surface area contributed by atoms with Gasteiger partial charge in [-0.25, -0.2) is 9.59 Å². The number of benzene rings is 1. The van der Waals surface area contributed by atoms with Crippen molar-refractivity contribution in [3.05, 3.63) is 29.8 Å². The van der Waals surface area contributed by atoms with Crippen LogP contribution in [0.25, 0.3) is 0 Å². The minimum Gasteiger partial charge on any atom is -0.478 e. The van der Waals surface area contributed by atoms with Gasteiger partial charge in [0.05, 0.1) is 11.3 Å². The van der Waals surface area contributed by atoms with Crippen molar-refractivity contribution in [2.45, 2.75) is 44.6 Å². The Labute approximate surface area is 118 Å². The van der Waals surface area contributed by atoms with Gasteiger partial charge in [-0.2, -0.15) is 0 Å². The Balaban J connectivity index is 1.95. The molecule has 1 fully saturated rings. The molecule has 2 rings (SSSR count). The van der Waals surface area contributed by atoms with Gasteiger partial charge in [-0.05, 0) is 25.0 Å². The van der Waals surface area contributed by atoms with Gasteiger partial charge in [-0.3, -0.25) is 0 Å². The average Bonchev–Trinajstić information content (AvgIpc) is 2.67. The lowest BCUT2D eigenvalue weighted by Gasteiger charge is -2.17. The lowest BCUT2D eigenvalue weighted by atomic mass is 10.1. The highest BCUT2D eigenvalue weighted by atomic mass is 16.4. The Kier molecular flexibility index (Phi) is 4.98. The summed E-state index contributed by atoms with van der Waals surface area (Å²) in [4.78, 5) is 23.0. The fourth-order valence-electron chi connectivity index (χ4n) is 2.55. The first kappa shape index (κ1) is 14.4. The topological polar surface area (TPSA) is 78.4 Å². The maximum Gasteiger partial charge on any atom is 0.337 e. The van der Waals surface area contributed by atoms with Gasteiger partial charge < -0.3 is 15.7 Å². The molecule has 0 aromatic heterocycles. The van der Waals surface area contributed by atoms with Crippen LogP contribution in [0.15, 0.2) is 24.3 Å². The van der Waals surface area contributed by atoms with E-state index in [4.69, 9.17) is 5.11 Å². The largest absolute Gasteiger partial charge is 0.478 e. The summed E-state index contributed by atoms with van der Waals surface area (Å²) in [6.07, 6.45) is 6.71. The standard InChI is InChI=1S/C15H20N2O3/c18-14(19)12-9-5-6-10-13(12)17-15(20)16-11-7-3-1-2-4-8-11/h5-6,9-11H,1-4,7-8H2,(H,18,19)(H2,16,17,20). The number of carboxylic acids is 1. The van der Waals surface area contributed by atoms with Crippen molar-refractivity contribution in [2.24, 2.45) is 0 Å². The summed E-state index contributed by atoms with van der Waals surface area (Å²) in [6.45, 7) is 0. The first-order valence-corrected chi connectivity index (χ1v) is 7.06. The average molecular weight is 276 g/mol. The summed E-state index contributed by atoms with van der Waals surface area (Å²) in [6, 6.07) is 6.27. The van der Waals surface area contributed by atoms with Crippen molar-refractivity contribution in [3.63, 3.8) is 0 Å². The zero-order valence-electron chi connectivity index (χ0n) is 11.4. The highest BCUT2D eigenvalue weighted by molar-refractivity contribution is 5.99. The van der Waals surface area contributed by atoms with E-state index in [0.717, 1.165) is 25.7 Å². The first-order valence-electron chi connectivity index (χ1n) is 7.06. The Morgan fingerprint density at radius 1 is 1.05 bits per heavy atom. The molecule has 0 radical (unpaired) electrons. The molecular weight excluding hydrogens is 256 g/mol. The van der Waals surface area contributed by atoms with E-state index in [1.54, 1.807) is 18.2 Å². The van der Waals surface area contributed by atoms with E-state index < -0.39 is 5.97 Å². The number of hydrogen-bond acceptors (Lipinski definition) is 2. The number of aromatic carboxylic acids is 1. The van der Waals surface area contributed by atoms with Crippen LogP contribution in [0.5, 0.6) is 0 Å². The maximum atomic E-state index is 12.0. The number of urea groups is 1. The molecule has 1 aliphatic rings. The van der Waals surface area contributed by atoms with E-state index in [0.29, 0.717) is 5.69 Å². The minimum atomic E-state index is -1.05. The maximum absolute atomic E-state index is 12.0. The summed E-state index contributed by atoms with van der Waals surface area (Å²) in [7, 11) is 0. The molecule has 2 amide bonds. The highest BCUT2D eigenvalue weighted by Gasteiger charge is 2.16. The third-order valence-electron chi connectivity index (χ3n) is 3.60. The van der Waals surface area contributed by atoms with Crippen LogP contribution in [0.1, 0.15) is 48.9 Å². The molecule has 1 aromatic carbocycles. The van der Waals surface area contributed by atoms with Crippen LogP contribution in [0.2, 0.25) is 0 Å². The van der Waals surface area contributed by atoms with Crippen LogP contribution in [0.4, 0.5) is 10.5 Å².